The van der Waals surface area contributed by atoms with Gasteiger partial charge in [-0.15, -0.1) is 0 Å². The summed E-state index contributed by atoms with van der Waals surface area (Å²) >= 11 is 5.84. The van der Waals surface area contributed by atoms with Gasteiger partial charge in [0.25, 0.3) is 0 Å². The molecule has 24 heavy (non-hydrogen) atoms. The van der Waals surface area contributed by atoms with Crippen LogP contribution in [-0.2, 0) is 4.79 Å². The predicted molar refractivity (Wildman–Crippen MR) is 100 cm³/mol. The van der Waals surface area contributed by atoms with Gasteiger partial charge in [0.05, 0.1) is 34.4 Å². The van der Waals surface area contributed by atoms with Gasteiger partial charge in [0.1, 0.15) is 5.75 Å². The molecule has 1 aliphatic rings. The molecule has 1 aliphatic carbocycles. The minimum Gasteiger partial charge on any atom is -0.491 e. The molecule has 4 N–H and O–H groups in total. The Balaban J connectivity index is 2.14. The summed E-state index contributed by atoms with van der Waals surface area (Å²) in [7, 11) is 0. The second kappa shape index (κ2) is 8.55. The van der Waals surface area contributed by atoms with E-state index in [1.807, 2.05) is 0 Å². The summed E-state index contributed by atoms with van der Waals surface area (Å²) in [6.45, 7) is 2.77. The summed E-state index contributed by atoms with van der Waals surface area (Å²) in [6, 6.07) is 3.34. The second-order valence-corrected chi connectivity index (χ2v) is 5.99. The number of carbonyl (C=O) groups is 1. The highest BCUT2D eigenvalue weighted by Crippen LogP contribution is 2.34. The Labute approximate surface area is 147 Å². The van der Waals surface area contributed by atoms with E-state index in [-0.39, 0.29) is 10.8 Å². The first-order valence-corrected chi connectivity index (χ1v) is 8.39. The largest absolute Gasteiger partial charge is 0.491 e. The Morgan fingerprint density at radius 1 is 1.12 bits per heavy atom. The molecule has 0 atom stereocenters. The van der Waals surface area contributed by atoms with Crippen molar-refractivity contribution in [1.29, 1.82) is 0 Å². The molecule has 0 amide bonds. The number of hydrogen-bond acceptors (Lipinski definition) is 5. The normalized spacial score (nSPS) is 15.7. The van der Waals surface area contributed by atoms with Crippen LogP contribution in [0.5, 0.6) is 5.75 Å². The van der Waals surface area contributed by atoms with Gasteiger partial charge in [0.15, 0.2) is 5.78 Å². The monoisotopic (exact) mass is 347 g/mol. The number of hydrogen-bond donors (Lipinski definition) is 2. The number of unbranched alkanes of at least 4 members (excludes halogenated alkanes) is 3. The lowest BCUT2D eigenvalue weighted by Gasteiger charge is -2.12. The smallest absolute Gasteiger partial charge is 0.197 e. The van der Waals surface area contributed by atoms with Crippen LogP contribution < -0.4 is 16.2 Å². The third-order valence-electron chi connectivity index (χ3n) is 3.58. The van der Waals surface area contributed by atoms with Crippen LogP contribution in [0.3, 0.4) is 0 Å². The molecule has 0 unspecified atom stereocenters. The average Bonchev–Trinajstić information content (AvgIpc) is 2.54. The lowest BCUT2D eigenvalue weighted by Crippen LogP contribution is -2.04. The van der Waals surface area contributed by atoms with E-state index in [1.54, 1.807) is 18.2 Å². The van der Waals surface area contributed by atoms with E-state index in [2.05, 4.69) is 11.9 Å². The molecular formula is C18H22ClN3O2. The highest BCUT2D eigenvalue weighted by molar-refractivity contribution is 6.47. The van der Waals surface area contributed by atoms with E-state index in [4.69, 9.17) is 27.8 Å². The molecule has 128 valence electrons. The summed E-state index contributed by atoms with van der Waals surface area (Å²) < 4.78 is 5.74. The standard InChI is InChI=1S/C18H22ClN3O2/c1-2-3-4-5-8-24-18-11-16(14(20)10-15(18)21)22-12-6-7-17(23)13(19)9-12/h6-7,9-11H,2-5,8,20-21H2,1H3. The first kappa shape index (κ1) is 18.1. The minimum absolute atomic E-state index is 0.123. The van der Waals surface area contributed by atoms with Crippen molar-refractivity contribution < 1.29 is 9.53 Å². The number of anilines is 2. The van der Waals surface area contributed by atoms with Gasteiger partial charge in [-0.2, -0.15) is 0 Å². The van der Waals surface area contributed by atoms with E-state index >= 15 is 0 Å². The van der Waals surface area contributed by atoms with Crippen molar-refractivity contribution in [3.63, 3.8) is 0 Å². The van der Waals surface area contributed by atoms with Gasteiger partial charge < -0.3 is 16.2 Å². The van der Waals surface area contributed by atoms with Crippen LogP contribution in [0.15, 0.2) is 40.4 Å². The summed E-state index contributed by atoms with van der Waals surface area (Å²) in [4.78, 5) is 15.8. The molecule has 0 radical (unpaired) electrons. The van der Waals surface area contributed by atoms with Gasteiger partial charge in [0.2, 0.25) is 0 Å². The predicted octanol–water partition coefficient (Wildman–Crippen LogP) is 4.14. The van der Waals surface area contributed by atoms with E-state index in [1.165, 1.54) is 25.0 Å². The molecular weight excluding hydrogens is 326 g/mol. The van der Waals surface area contributed by atoms with Crippen molar-refractivity contribution in [2.24, 2.45) is 4.99 Å². The maximum absolute atomic E-state index is 11.3. The number of allylic oxidation sites excluding steroid dienone is 4. The molecule has 0 aliphatic heterocycles. The molecule has 0 spiro atoms. The topological polar surface area (TPSA) is 90.7 Å². The van der Waals surface area contributed by atoms with Gasteiger partial charge in [-0.05, 0) is 30.7 Å². The number of ketones is 1. The third-order valence-corrected chi connectivity index (χ3v) is 3.87. The lowest BCUT2D eigenvalue weighted by atomic mass is 10.1. The minimum atomic E-state index is -0.239. The number of nitrogens with zero attached hydrogens (tertiary/aromatic N) is 1. The van der Waals surface area contributed by atoms with Gasteiger partial charge in [-0.3, -0.25) is 4.79 Å². The number of nitrogen functional groups attached to an aromatic ring is 2. The van der Waals surface area contributed by atoms with Crippen molar-refractivity contribution in [2.45, 2.75) is 32.6 Å². The highest BCUT2D eigenvalue weighted by atomic mass is 35.5. The van der Waals surface area contributed by atoms with Crippen LogP contribution in [0.4, 0.5) is 17.1 Å². The Hall–Kier alpha value is -2.27. The van der Waals surface area contributed by atoms with Crippen LogP contribution in [0, 0.1) is 0 Å². The highest BCUT2D eigenvalue weighted by Gasteiger charge is 2.11. The first-order chi connectivity index (χ1) is 11.5. The molecule has 2 rings (SSSR count). The summed E-state index contributed by atoms with van der Waals surface area (Å²) in [5.74, 6) is 0.322. The number of ether oxygens (including phenoxy) is 1. The lowest BCUT2D eigenvalue weighted by molar-refractivity contribution is -0.110. The van der Waals surface area contributed by atoms with Gasteiger partial charge in [-0.25, -0.2) is 4.99 Å². The Kier molecular flexibility index (Phi) is 6.44. The summed E-state index contributed by atoms with van der Waals surface area (Å²) in [6.07, 6.45) is 8.95. The van der Waals surface area contributed by atoms with E-state index in [0.29, 0.717) is 35.1 Å². The van der Waals surface area contributed by atoms with Crippen molar-refractivity contribution in [1.82, 2.24) is 0 Å². The van der Waals surface area contributed by atoms with Crippen LogP contribution in [0.1, 0.15) is 32.6 Å². The van der Waals surface area contributed by atoms with Crippen molar-refractivity contribution >= 4 is 40.2 Å². The second-order valence-electron chi connectivity index (χ2n) is 5.58. The van der Waals surface area contributed by atoms with Crippen LogP contribution in [-0.4, -0.2) is 18.1 Å². The molecule has 0 saturated carbocycles. The molecule has 0 fully saturated rings. The number of aliphatic imine (C=N–C) groups is 1. The van der Waals surface area contributed by atoms with E-state index in [9.17, 15) is 4.79 Å². The van der Waals surface area contributed by atoms with Crippen LogP contribution in [0.2, 0.25) is 0 Å². The molecule has 0 bridgehead atoms. The fourth-order valence-electron chi connectivity index (χ4n) is 2.23. The summed E-state index contributed by atoms with van der Waals surface area (Å²) in [5, 5.41) is 0.123. The van der Waals surface area contributed by atoms with Gasteiger partial charge in [0, 0.05) is 6.07 Å². The Morgan fingerprint density at radius 3 is 2.62 bits per heavy atom. The van der Waals surface area contributed by atoms with Crippen LogP contribution in [0.25, 0.3) is 0 Å². The van der Waals surface area contributed by atoms with Crippen molar-refractivity contribution in [3.8, 4) is 5.75 Å². The fraction of sp³-hybridized carbons (Fsp3) is 0.333. The Morgan fingerprint density at radius 2 is 1.92 bits per heavy atom. The van der Waals surface area contributed by atoms with E-state index in [0.717, 1.165) is 12.8 Å². The molecule has 5 nitrogen and oxygen atoms in total. The first-order valence-electron chi connectivity index (χ1n) is 8.01. The number of halogens is 1. The molecule has 0 aromatic heterocycles. The molecule has 0 saturated heterocycles. The van der Waals surface area contributed by atoms with Crippen molar-refractivity contribution in [3.05, 3.63) is 35.4 Å². The Bertz CT molecular complexity index is 708. The molecule has 6 heteroatoms. The van der Waals surface area contributed by atoms with Crippen LogP contribution >= 0.6 is 11.6 Å². The fourth-order valence-corrected chi connectivity index (χ4v) is 2.41. The zero-order valence-electron chi connectivity index (χ0n) is 13.7. The molecule has 0 heterocycles. The third kappa shape index (κ3) is 4.86. The maximum Gasteiger partial charge on any atom is 0.197 e. The number of benzene rings is 1. The number of rotatable bonds is 7. The quantitative estimate of drug-likeness (QED) is 0.440. The zero-order chi connectivity index (χ0) is 17.5. The van der Waals surface area contributed by atoms with Gasteiger partial charge in [-0.1, -0.05) is 37.8 Å². The van der Waals surface area contributed by atoms with Gasteiger partial charge >= 0.3 is 0 Å². The maximum atomic E-state index is 11.3. The number of carbonyl (C=O) groups excluding carboxylic acids is 1. The van der Waals surface area contributed by atoms with Crippen molar-refractivity contribution in [2.75, 3.05) is 18.1 Å². The summed E-state index contributed by atoms with van der Waals surface area (Å²) in [5.41, 5.74) is 13.9. The molecule has 1 aromatic carbocycles. The molecule has 1 aromatic rings. The zero-order valence-corrected chi connectivity index (χ0v) is 14.5. The van der Waals surface area contributed by atoms with E-state index < -0.39 is 0 Å². The average molecular weight is 348 g/mol. The SMILES string of the molecule is CCCCCCOc1cc(N=C2C=CC(=O)C(Cl)=C2)c(N)cc1N. The number of nitrogens with two attached hydrogens (primary N) is 2.